The lowest BCUT2D eigenvalue weighted by Gasteiger charge is -2.15. The zero-order chi connectivity index (χ0) is 23.1. The van der Waals surface area contributed by atoms with E-state index in [1.54, 1.807) is 12.1 Å². The number of carbonyl (C=O) groups excluding carboxylic acids is 1. The van der Waals surface area contributed by atoms with Crippen LogP contribution in [0.2, 0.25) is 0 Å². The summed E-state index contributed by atoms with van der Waals surface area (Å²) in [6, 6.07) is 6.28. The monoisotopic (exact) mass is 470 g/mol. The summed E-state index contributed by atoms with van der Waals surface area (Å²) in [5.41, 5.74) is -1.93. The van der Waals surface area contributed by atoms with Crippen molar-refractivity contribution in [2.24, 2.45) is 0 Å². The topological polar surface area (TPSA) is 58.4 Å². The SMILES string of the molecule is O=C(Nc1ccc(-c2cn3ccsc3n2)cc1)Nc1cc(C(F)(F)F)cc(C(F)(F)F)c1. The van der Waals surface area contributed by atoms with Crippen molar-refractivity contribution < 1.29 is 31.1 Å². The first kappa shape index (κ1) is 21.7. The molecule has 2 heterocycles. The minimum atomic E-state index is -5.01. The van der Waals surface area contributed by atoms with Crippen molar-refractivity contribution in [3.8, 4) is 11.3 Å². The number of aromatic nitrogens is 2. The molecule has 0 aliphatic heterocycles. The minimum Gasteiger partial charge on any atom is -0.308 e. The molecule has 2 aromatic carbocycles. The molecule has 0 bridgehead atoms. The minimum absolute atomic E-state index is 0.0120. The van der Waals surface area contributed by atoms with E-state index in [-0.39, 0.29) is 11.8 Å². The molecule has 4 rings (SSSR count). The summed E-state index contributed by atoms with van der Waals surface area (Å²) in [5.74, 6) is 0. The highest BCUT2D eigenvalue weighted by molar-refractivity contribution is 7.15. The summed E-state index contributed by atoms with van der Waals surface area (Å²) in [6.07, 6.45) is -6.33. The number of amides is 2. The smallest absolute Gasteiger partial charge is 0.308 e. The number of carbonyl (C=O) groups is 1. The summed E-state index contributed by atoms with van der Waals surface area (Å²) < 4.78 is 79.5. The van der Waals surface area contributed by atoms with Crippen LogP contribution >= 0.6 is 11.3 Å². The fourth-order valence-electron chi connectivity index (χ4n) is 2.91. The number of hydrogen-bond donors (Lipinski definition) is 2. The van der Waals surface area contributed by atoms with Crippen LogP contribution in [0.3, 0.4) is 0 Å². The highest BCUT2D eigenvalue weighted by Crippen LogP contribution is 2.37. The molecule has 5 nitrogen and oxygen atoms in total. The normalized spacial score (nSPS) is 12.2. The second-order valence-electron chi connectivity index (χ2n) is 6.67. The average molecular weight is 470 g/mol. The van der Waals surface area contributed by atoms with Crippen molar-refractivity contribution in [2.75, 3.05) is 10.6 Å². The fraction of sp³-hybridized carbons (Fsp3) is 0.100. The van der Waals surface area contributed by atoms with Gasteiger partial charge >= 0.3 is 18.4 Å². The number of fused-ring (bicyclic) bond motifs is 1. The molecule has 2 aromatic heterocycles. The van der Waals surface area contributed by atoms with Crippen LogP contribution in [0.5, 0.6) is 0 Å². The number of rotatable bonds is 3. The van der Waals surface area contributed by atoms with Gasteiger partial charge in [0.15, 0.2) is 4.96 Å². The molecule has 0 aliphatic rings. The van der Waals surface area contributed by atoms with Crippen LogP contribution in [0.1, 0.15) is 11.1 Å². The Hall–Kier alpha value is -3.54. The van der Waals surface area contributed by atoms with E-state index in [4.69, 9.17) is 0 Å². The maximum Gasteiger partial charge on any atom is 0.416 e. The molecule has 12 heteroatoms. The number of nitrogens with one attached hydrogen (secondary N) is 2. The number of alkyl halides is 6. The van der Waals surface area contributed by atoms with Crippen molar-refractivity contribution in [3.05, 3.63) is 71.4 Å². The van der Waals surface area contributed by atoms with Crippen LogP contribution in [-0.4, -0.2) is 15.4 Å². The van der Waals surface area contributed by atoms with Gasteiger partial charge in [0.1, 0.15) is 0 Å². The van der Waals surface area contributed by atoms with E-state index >= 15 is 0 Å². The predicted octanol–water partition coefficient (Wildman–Crippen LogP) is 6.74. The molecule has 0 radical (unpaired) electrons. The number of halogens is 6. The second-order valence-corrected chi connectivity index (χ2v) is 7.54. The summed E-state index contributed by atoms with van der Waals surface area (Å²) in [4.78, 5) is 17.4. The Balaban J connectivity index is 1.49. The Morgan fingerprint density at radius 1 is 0.875 bits per heavy atom. The summed E-state index contributed by atoms with van der Waals surface area (Å²) in [5, 5.41) is 6.27. The first-order valence-corrected chi connectivity index (χ1v) is 9.77. The van der Waals surface area contributed by atoms with E-state index in [1.165, 1.54) is 23.5 Å². The molecular formula is C20H12F6N4OS. The van der Waals surface area contributed by atoms with Gasteiger partial charge in [-0.2, -0.15) is 26.3 Å². The second kappa shape index (κ2) is 7.86. The molecule has 2 N–H and O–H groups in total. The average Bonchev–Trinajstić information content (AvgIpc) is 3.29. The molecule has 0 saturated carbocycles. The molecule has 2 amide bonds. The predicted molar refractivity (Wildman–Crippen MR) is 108 cm³/mol. The molecule has 166 valence electrons. The molecular weight excluding hydrogens is 458 g/mol. The van der Waals surface area contributed by atoms with Gasteiger partial charge in [-0.25, -0.2) is 9.78 Å². The Kier molecular flexibility index (Phi) is 5.33. The van der Waals surface area contributed by atoms with Crippen LogP contribution in [0.4, 0.5) is 42.5 Å². The largest absolute Gasteiger partial charge is 0.416 e. The van der Waals surface area contributed by atoms with Gasteiger partial charge in [0.05, 0.1) is 16.8 Å². The third kappa shape index (κ3) is 4.69. The molecule has 0 spiro atoms. The number of imidazole rings is 1. The van der Waals surface area contributed by atoms with E-state index in [2.05, 4.69) is 10.3 Å². The van der Waals surface area contributed by atoms with Crippen LogP contribution in [0.25, 0.3) is 16.2 Å². The van der Waals surface area contributed by atoms with Gasteiger partial charge in [0.25, 0.3) is 0 Å². The quantitative estimate of drug-likeness (QED) is 0.326. The first-order valence-electron chi connectivity index (χ1n) is 8.89. The molecule has 0 unspecified atom stereocenters. The molecule has 0 fully saturated rings. The zero-order valence-corrected chi connectivity index (χ0v) is 16.6. The van der Waals surface area contributed by atoms with Gasteiger partial charge in [-0.05, 0) is 30.3 Å². The van der Waals surface area contributed by atoms with E-state index in [9.17, 15) is 31.1 Å². The Bertz CT molecular complexity index is 1210. The number of hydrogen-bond acceptors (Lipinski definition) is 3. The number of benzene rings is 2. The van der Waals surface area contributed by atoms with E-state index in [0.717, 1.165) is 10.5 Å². The summed E-state index contributed by atoms with van der Waals surface area (Å²) in [6.45, 7) is 0. The lowest BCUT2D eigenvalue weighted by Crippen LogP contribution is -2.20. The maximum atomic E-state index is 12.9. The van der Waals surface area contributed by atoms with Gasteiger partial charge in [-0.15, -0.1) is 11.3 Å². The Morgan fingerprint density at radius 2 is 1.47 bits per heavy atom. The lowest BCUT2D eigenvalue weighted by atomic mass is 10.1. The third-order valence-corrected chi connectivity index (χ3v) is 5.15. The summed E-state index contributed by atoms with van der Waals surface area (Å²) >= 11 is 1.47. The van der Waals surface area contributed by atoms with Crippen LogP contribution in [0, 0.1) is 0 Å². The van der Waals surface area contributed by atoms with Crippen LogP contribution in [0.15, 0.2) is 60.2 Å². The van der Waals surface area contributed by atoms with Gasteiger partial charge in [0.2, 0.25) is 0 Å². The third-order valence-electron chi connectivity index (χ3n) is 4.38. The lowest BCUT2D eigenvalue weighted by molar-refractivity contribution is -0.143. The Morgan fingerprint density at radius 3 is 2.03 bits per heavy atom. The molecule has 0 saturated heterocycles. The summed E-state index contributed by atoms with van der Waals surface area (Å²) in [7, 11) is 0. The van der Waals surface area contributed by atoms with Crippen molar-refractivity contribution in [3.63, 3.8) is 0 Å². The van der Waals surface area contributed by atoms with Crippen molar-refractivity contribution in [1.29, 1.82) is 0 Å². The standard InChI is InChI=1S/C20H12F6N4OS/c21-19(22,23)12-7-13(20(24,25)26)9-15(8-12)28-17(31)27-14-3-1-11(2-4-14)16-10-30-5-6-32-18(30)29-16/h1-10H,(H2,27,28,31). The van der Waals surface area contributed by atoms with Crippen molar-refractivity contribution in [1.82, 2.24) is 9.38 Å². The molecule has 0 aliphatic carbocycles. The fourth-order valence-corrected chi connectivity index (χ4v) is 3.61. The highest BCUT2D eigenvalue weighted by Gasteiger charge is 2.37. The number of anilines is 2. The number of thiazole rings is 1. The van der Waals surface area contributed by atoms with Crippen molar-refractivity contribution >= 4 is 33.7 Å². The Labute approximate surface area is 180 Å². The zero-order valence-electron chi connectivity index (χ0n) is 15.8. The van der Waals surface area contributed by atoms with E-state index < -0.39 is 35.2 Å². The molecule has 0 atom stereocenters. The molecule has 32 heavy (non-hydrogen) atoms. The first-order chi connectivity index (χ1) is 15.0. The number of nitrogens with zero attached hydrogens (tertiary/aromatic N) is 2. The highest BCUT2D eigenvalue weighted by atomic mass is 32.1. The van der Waals surface area contributed by atoms with Gasteiger partial charge < -0.3 is 10.6 Å². The van der Waals surface area contributed by atoms with Crippen LogP contribution < -0.4 is 10.6 Å². The van der Waals surface area contributed by atoms with Gasteiger partial charge in [-0.1, -0.05) is 12.1 Å². The molecule has 4 aromatic rings. The van der Waals surface area contributed by atoms with Gasteiger partial charge in [-0.3, -0.25) is 4.40 Å². The van der Waals surface area contributed by atoms with Crippen molar-refractivity contribution in [2.45, 2.75) is 12.4 Å². The maximum absolute atomic E-state index is 12.9. The van der Waals surface area contributed by atoms with Gasteiger partial charge in [0, 0.05) is 34.7 Å². The number of urea groups is 1. The van der Waals surface area contributed by atoms with E-state index in [1.807, 2.05) is 27.5 Å². The van der Waals surface area contributed by atoms with E-state index in [0.29, 0.717) is 17.8 Å². The van der Waals surface area contributed by atoms with Crippen LogP contribution in [-0.2, 0) is 12.4 Å².